The molecule has 0 aliphatic carbocycles. The minimum Gasteiger partial charge on any atom is -0.345 e. The van der Waals surface area contributed by atoms with Crippen molar-refractivity contribution in [1.29, 1.82) is 0 Å². The summed E-state index contributed by atoms with van der Waals surface area (Å²) in [5.41, 5.74) is 3.89. The van der Waals surface area contributed by atoms with Gasteiger partial charge in [-0.1, -0.05) is 48.0 Å². The van der Waals surface area contributed by atoms with Gasteiger partial charge in [0.15, 0.2) is 0 Å². The van der Waals surface area contributed by atoms with Gasteiger partial charge in [0.2, 0.25) is 15.2 Å². The van der Waals surface area contributed by atoms with E-state index in [1.807, 2.05) is 51.1 Å². The molecule has 0 saturated carbocycles. The number of hydrogen-bond donors (Lipinski definition) is 0. The zero-order valence-corrected chi connectivity index (χ0v) is 19.8. The predicted octanol–water partition coefficient (Wildman–Crippen LogP) is 3.96. The van der Waals surface area contributed by atoms with Crippen LogP contribution in [0, 0.1) is 20.8 Å². The molecule has 1 saturated heterocycles. The summed E-state index contributed by atoms with van der Waals surface area (Å²) in [4.78, 5) is 7.33. The van der Waals surface area contributed by atoms with Crippen LogP contribution in [-0.4, -0.2) is 48.3 Å². The van der Waals surface area contributed by atoms with Crippen LogP contribution in [0.15, 0.2) is 47.4 Å². The Kier molecular flexibility index (Phi) is 6.41. The second kappa shape index (κ2) is 9.06. The Bertz CT molecular complexity index is 1140. The van der Waals surface area contributed by atoms with Crippen molar-refractivity contribution in [3.63, 3.8) is 0 Å². The van der Waals surface area contributed by atoms with E-state index in [2.05, 4.69) is 21.4 Å². The molecule has 8 heteroatoms. The fourth-order valence-electron chi connectivity index (χ4n) is 4.25. The van der Waals surface area contributed by atoms with E-state index < -0.39 is 10.0 Å². The quantitative estimate of drug-likeness (QED) is 0.581. The van der Waals surface area contributed by atoms with Gasteiger partial charge in [-0.3, -0.25) is 0 Å². The second-order valence-corrected chi connectivity index (χ2v) is 10.7. The molecule has 6 nitrogen and oxygen atoms in total. The first-order valence-electron chi connectivity index (χ1n) is 10.5. The Balaban J connectivity index is 1.48. The molecule has 1 aliphatic rings. The van der Waals surface area contributed by atoms with Crippen molar-refractivity contribution in [3.05, 3.63) is 70.5 Å². The summed E-state index contributed by atoms with van der Waals surface area (Å²) >= 11 is 1.39. The van der Waals surface area contributed by atoms with Crippen molar-refractivity contribution in [2.45, 2.75) is 38.5 Å². The van der Waals surface area contributed by atoms with Gasteiger partial charge in [0, 0.05) is 44.1 Å². The number of hydrogen-bond acceptors (Lipinski definition) is 6. The molecule has 2 aromatic carbocycles. The number of nitrogens with zero attached hydrogens (tertiary/aromatic N) is 4. The van der Waals surface area contributed by atoms with Crippen molar-refractivity contribution in [2.24, 2.45) is 0 Å². The Labute approximate surface area is 188 Å². The van der Waals surface area contributed by atoms with Crippen LogP contribution in [0.3, 0.4) is 0 Å². The fourth-order valence-corrected chi connectivity index (χ4v) is 6.87. The topological polar surface area (TPSA) is 66.4 Å². The van der Waals surface area contributed by atoms with Crippen molar-refractivity contribution < 1.29 is 8.42 Å². The average molecular weight is 457 g/mol. The van der Waals surface area contributed by atoms with E-state index in [9.17, 15) is 8.42 Å². The Morgan fingerprint density at radius 1 is 0.968 bits per heavy atom. The van der Waals surface area contributed by atoms with Crippen LogP contribution in [0.25, 0.3) is 0 Å². The van der Waals surface area contributed by atoms with Gasteiger partial charge in [0.25, 0.3) is 0 Å². The van der Waals surface area contributed by atoms with Gasteiger partial charge in [0.05, 0.1) is 4.90 Å². The van der Waals surface area contributed by atoms with Gasteiger partial charge in [-0.25, -0.2) is 13.4 Å². The summed E-state index contributed by atoms with van der Waals surface area (Å²) in [6, 6.07) is 14.1. The molecule has 1 aromatic heterocycles. The number of aryl methyl sites for hydroxylation is 3. The van der Waals surface area contributed by atoms with Gasteiger partial charge in [0.1, 0.15) is 5.82 Å². The highest BCUT2D eigenvalue weighted by atomic mass is 32.2. The van der Waals surface area contributed by atoms with Gasteiger partial charge >= 0.3 is 0 Å². The molecule has 0 amide bonds. The maximum absolute atomic E-state index is 13.4. The maximum atomic E-state index is 13.4. The SMILES string of the molecule is Cc1cc(C)c(S(=O)(=O)N2CCCN(c3nc(Cc4ccccc4)ns3)CC2)c(C)c1. The monoisotopic (exact) mass is 456 g/mol. The summed E-state index contributed by atoms with van der Waals surface area (Å²) in [6.07, 6.45) is 1.47. The van der Waals surface area contributed by atoms with Crippen LogP contribution in [0.1, 0.15) is 34.5 Å². The lowest BCUT2D eigenvalue weighted by atomic mass is 10.1. The lowest BCUT2D eigenvalue weighted by molar-refractivity contribution is 0.432. The van der Waals surface area contributed by atoms with Crippen molar-refractivity contribution in [2.75, 3.05) is 31.1 Å². The Morgan fingerprint density at radius 2 is 1.68 bits per heavy atom. The van der Waals surface area contributed by atoms with E-state index in [1.54, 1.807) is 4.31 Å². The fraction of sp³-hybridized carbons (Fsp3) is 0.391. The van der Waals surface area contributed by atoms with E-state index in [1.165, 1.54) is 17.1 Å². The van der Waals surface area contributed by atoms with E-state index in [0.29, 0.717) is 31.0 Å². The molecular formula is C23H28N4O2S2. The first-order chi connectivity index (χ1) is 14.8. The van der Waals surface area contributed by atoms with Gasteiger partial charge in [-0.2, -0.15) is 8.68 Å². The normalized spacial score (nSPS) is 15.8. The van der Waals surface area contributed by atoms with E-state index >= 15 is 0 Å². The molecule has 0 bridgehead atoms. The number of aromatic nitrogens is 2. The first kappa shape index (κ1) is 21.9. The molecule has 1 fully saturated rings. The van der Waals surface area contributed by atoms with Crippen LogP contribution in [0.5, 0.6) is 0 Å². The van der Waals surface area contributed by atoms with E-state index in [4.69, 9.17) is 4.98 Å². The van der Waals surface area contributed by atoms with Crippen LogP contribution in [0.4, 0.5) is 5.13 Å². The molecule has 0 N–H and O–H groups in total. The third kappa shape index (κ3) is 4.81. The largest absolute Gasteiger partial charge is 0.345 e. The van der Waals surface area contributed by atoms with Crippen LogP contribution in [0.2, 0.25) is 0 Å². The zero-order valence-electron chi connectivity index (χ0n) is 18.2. The summed E-state index contributed by atoms with van der Waals surface area (Å²) in [5, 5.41) is 0.868. The zero-order chi connectivity index (χ0) is 22.0. The number of anilines is 1. The van der Waals surface area contributed by atoms with Crippen molar-refractivity contribution in [1.82, 2.24) is 13.7 Å². The van der Waals surface area contributed by atoms with E-state index in [0.717, 1.165) is 40.6 Å². The molecule has 164 valence electrons. The number of sulfonamides is 1. The molecular weight excluding hydrogens is 428 g/mol. The molecule has 0 spiro atoms. The predicted molar refractivity (Wildman–Crippen MR) is 125 cm³/mol. The van der Waals surface area contributed by atoms with Crippen LogP contribution >= 0.6 is 11.5 Å². The summed E-state index contributed by atoms with van der Waals surface area (Å²) in [7, 11) is -3.53. The smallest absolute Gasteiger partial charge is 0.243 e. The summed E-state index contributed by atoms with van der Waals surface area (Å²) in [6.45, 7) is 8.11. The highest BCUT2D eigenvalue weighted by molar-refractivity contribution is 7.89. The van der Waals surface area contributed by atoms with Gasteiger partial charge < -0.3 is 4.90 Å². The Hall–Kier alpha value is -2.29. The minimum atomic E-state index is -3.53. The number of benzene rings is 2. The van der Waals surface area contributed by atoms with Crippen LogP contribution < -0.4 is 4.90 Å². The molecule has 3 aromatic rings. The standard InChI is InChI=1S/C23H28N4O2S2/c1-17-14-18(2)22(19(3)15-17)31(28,29)27-11-7-10-26(12-13-27)23-24-21(25-30-23)16-20-8-5-4-6-9-20/h4-6,8-9,14-15H,7,10-13,16H2,1-3H3. The average Bonchev–Trinajstić information content (AvgIpc) is 3.02. The molecule has 0 unspecified atom stereocenters. The third-order valence-corrected chi connectivity index (χ3v) is 8.61. The highest BCUT2D eigenvalue weighted by Gasteiger charge is 2.30. The molecule has 2 heterocycles. The Morgan fingerprint density at radius 3 is 2.39 bits per heavy atom. The van der Waals surface area contributed by atoms with Crippen molar-refractivity contribution >= 4 is 26.7 Å². The van der Waals surface area contributed by atoms with Crippen molar-refractivity contribution in [3.8, 4) is 0 Å². The highest BCUT2D eigenvalue weighted by Crippen LogP contribution is 2.27. The molecule has 31 heavy (non-hydrogen) atoms. The minimum absolute atomic E-state index is 0.447. The van der Waals surface area contributed by atoms with Gasteiger partial charge in [-0.05, 0) is 43.9 Å². The lowest BCUT2D eigenvalue weighted by Crippen LogP contribution is -2.36. The van der Waals surface area contributed by atoms with E-state index in [-0.39, 0.29) is 0 Å². The maximum Gasteiger partial charge on any atom is 0.243 e. The van der Waals surface area contributed by atoms with Crippen LogP contribution in [-0.2, 0) is 16.4 Å². The molecule has 1 aliphatic heterocycles. The summed E-state index contributed by atoms with van der Waals surface area (Å²) < 4.78 is 33.0. The van der Waals surface area contributed by atoms with Gasteiger partial charge in [-0.15, -0.1) is 0 Å². The summed E-state index contributed by atoms with van der Waals surface area (Å²) in [5.74, 6) is 0.811. The number of rotatable bonds is 5. The first-order valence-corrected chi connectivity index (χ1v) is 12.8. The lowest BCUT2D eigenvalue weighted by Gasteiger charge is -2.23. The second-order valence-electron chi connectivity index (χ2n) is 8.13. The molecule has 4 rings (SSSR count). The molecule has 0 atom stereocenters. The third-order valence-electron chi connectivity index (χ3n) is 5.59. The molecule has 0 radical (unpaired) electrons.